The molecule has 0 unspecified atom stereocenters. The van der Waals surface area contributed by atoms with Crippen molar-refractivity contribution in [2.24, 2.45) is 11.8 Å². The number of amides is 2. The molecule has 2 heterocycles. The van der Waals surface area contributed by atoms with E-state index in [0.29, 0.717) is 51.9 Å². The van der Waals surface area contributed by atoms with E-state index < -0.39 is 10.2 Å². The average molecular weight is 551 g/mol. The van der Waals surface area contributed by atoms with Crippen LogP contribution in [0.5, 0.6) is 0 Å². The van der Waals surface area contributed by atoms with Crippen molar-refractivity contribution < 1.29 is 18.0 Å². The average Bonchev–Trinajstić information content (AvgIpc) is 2.88. The van der Waals surface area contributed by atoms with Gasteiger partial charge in [0, 0.05) is 39.3 Å². The molecule has 0 aromatic rings. The van der Waals surface area contributed by atoms with Gasteiger partial charge >= 0.3 is 0 Å². The number of hydrogen-bond acceptors (Lipinski definition) is 6. The summed E-state index contributed by atoms with van der Waals surface area (Å²) in [7, 11) is -3.69. The Bertz CT molecular complexity index is 684. The van der Waals surface area contributed by atoms with Crippen LogP contribution in [0.2, 0.25) is 0 Å². The first kappa shape index (κ1) is 30.7. The smallest absolute Gasteiger partial charge is 0.282 e. The molecular formula is C24H46N4O4S3. The lowest BCUT2D eigenvalue weighted by Gasteiger charge is -2.38. The molecule has 0 bridgehead atoms. The van der Waals surface area contributed by atoms with Gasteiger partial charge in [0.1, 0.15) is 0 Å². The summed E-state index contributed by atoms with van der Waals surface area (Å²) in [6.07, 6.45) is 6.96. The van der Waals surface area contributed by atoms with Crippen LogP contribution in [-0.4, -0.2) is 91.1 Å². The van der Waals surface area contributed by atoms with Gasteiger partial charge in [-0.1, -0.05) is 13.8 Å². The third kappa shape index (κ3) is 10.8. The van der Waals surface area contributed by atoms with Gasteiger partial charge in [-0.3, -0.25) is 9.59 Å². The minimum atomic E-state index is -3.69. The number of carbonyl (C=O) groups is 2. The van der Waals surface area contributed by atoms with E-state index in [4.69, 9.17) is 0 Å². The summed E-state index contributed by atoms with van der Waals surface area (Å²) in [5.41, 5.74) is 0. The Morgan fingerprint density at radius 2 is 1.20 bits per heavy atom. The Balaban J connectivity index is 1.80. The van der Waals surface area contributed by atoms with Crippen molar-refractivity contribution in [2.75, 3.05) is 62.3 Å². The molecule has 0 saturated carbocycles. The van der Waals surface area contributed by atoms with Crippen molar-refractivity contribution >= 4 is 45.5 Å². The molecule has 2 aliphatic rings. The Morgan fingerprint density at radius 3 is 1.60 bits per heavy atom. The summed E-state index contributed by atoms with van der Waals surface area (Å²) in [5, 5.41) is 5.99. The van der Waals surface area contributed by atoms with Gasteiger partial charge in [0.05, 0.1) is 11.8 Å². The normalized spacial score (nSPS) is 22.1. The molecule has 2 fully saturated rings. The highest BCUT2D eigenvalue weighted by atomic mass is 32.2. The van der Waals surface area contributed by atoms with Crippen LogP contribution in [0.4, 0.5) is 0 Å². The molecule has 0 radical (unpaired) electrons. The first-order valence-electron chi connectivity index (χ1n) is 13.4. The maximum absolute atomic E-state index is 13.4. The summed E-state index contributed by atoms with van der Waals surface area (Å²) in [6.45, 7) is 6.91. The molecule has 0 aromatic carbocycles. The molecule has 11 heteroatoms. The fraction of sp³-hybridized carbons (Fsp3) is 0.917. The fourth-order valence-electron chi connectivity index (χ4n) is 4.45. The van der Waals surface area contributed by atoms with Gasteiger partial charge in [0.2, 0.25) is 11.8 Å². The zero-order valence-electron chi connectivity index (χ0n) is 21.6. The van der Waals surface area contributed by atoms with Gasteiger partial charge in [-0.05, 0) is 74.4 Å². The zero-order chi connectivity index (χ0) is 25.5. The number of thioether (sulfide) groups is 2. The number of hydrogen-bond donors (Lipinski definition) is 2. The van der Waals surface area contributed by atoms with Gasteiger partial charge in [0.25, 0.3) is 10.2 Å². The monoisotopic (exact) mass is 550 g/mol. The number of rotatable bonds is 16. The molecule has 8 nitrogen and oxygen atoms in total. The van der Waals surface area contributed by atoms with Crippen molar-refractivity contribution in [3.8, 4) is 0 Å². The lowest BCUT2D eigenvalue weighted by Crippen LogP contribution is -2.54. The second-order valence-electron chi connectivity index (χ2n) is 9.42. The van der Waals surface area contributed by atoms with Crippen molar-refractivity contribution in [3.05, 3.63) is 0 Å². The molecule has 2 rings (SSSR count). The van der Waals surface area contributed by atoms with Gasteiger partial charge < -0.3 is 10.6 Å². The van der Waals surface area contributed by atoms with Gasteiger partial charge in [-0.2, -0.15) is 40.6 Å². The third-order valence-corrected chi connectivity index (χ3v) is 10.9. The third-order valence-electron chi connectivity index (χ3n) is 6.39. The molecule has 2 atom stereocenters. The van der Waals surface area contributed by atoms with Gasteiger partial charge in [0.15, 0.2) is 0 Å². The highest BCUT2D eigenvalue weighted by Crippen LogP contribution is 2.25. The number of carbonyl (C=O) groups excluding carboxylic acids is 2. The minimum Gasteiger partial charge on any atom is -0.356 e. The summed E-state index contributed by atoms with van der Waals surface area (Å²) >= 11 is 3.79. The van der Waals surface area contributed by atoms with E-state index in [1.165, 1.54) is 8.61 Å². The van der Waals surface area contributed by atoms with Crippen LogP contribution in [0, 0.1) is 11.8 Å². The Morgan fingerprint density at radius 1 is 0.771 bits per heavy atom. The first-order valence-corrected chi connectivity index (χ1v) is 17.1. The van der Waals surface area contributed by atoms with Crippen LogP contribution in [0.3, 0.4) is 0 Å². The predicted octanol–water partition coefficient (Wildman–Crippen LogP) is 2.95. The predicted molar refractivity (Wildman–Crippen MR) is 148 cm³/mol. The Labute approximate surface area is 221 Å². The van der Waals surface area contributed by atoms with Crippen LogP contribution in [0.25, 0.3) is 0 Å². The molecule has 2 saturated heterocycles. The molecular weight excluding hydrogens is 504 g/mol. The largest absolute Gasteiger partial charge is 0.356 e. The van der Waals surface area contributed by atoms with E-state index in [1.54, 1.807) is 0 Å². The Hall–Kier alpha value is -0.490. The van der Waals surface area contributed by atoms with Crippen molar-refractivity contribution in [2.45, 2.75) is 65.2 Å². The molecule has 35 heavy (non-hydrogen) atoms. The quantitative estimate of drug-likeness (QED) is 0.287. The highest BCUT2D eigenvalue weighted by Gasteiger charge is 2.39. The lowest BCUT2D eigenvalue weighted by molar-refractivity contribution is -0.126. The number of nitrogens with one attached hydrogen (secondary N) is 2. The highest BCUT2D eigenvalue weighted by molar-refractivity contribution is 7.99. The molecule has 0 spiro atoms. The second kappa shape index (κ2) is 17.1. The summed E-state index contributed by atoms with van der Waals surface area (Å²) < 4.78 is 29.7. The lowest BCUT2D eigenvalue weighted by atomic mass is 9.99. The van der Waals surface area contributed by atoms with Crippen LogP contribution in [0.1, 0.15) is 65.2 Å². The van der Waals surface area contributed by atoms with Crippen molar-refractivity contribution in [1.82, 2.24) is 19.2 Å². The molecule has 2 amide bonds. The number of piperidine rings is 2. The van der Waals surface area contributed by atoms with E-state index in [-0.39, 0.29) is 36.7 Å². The molecule has 2 aliphatic heterocycles. The standard InChI is InChI=1S/C24H46N4O4S3/c1-3-15-33-17-7-11-25-23(29)21-9-5-13-27(19-21)35(31,32)28-14-6-10-22(20-28)24(30)26-12-8-18-34-16-4-2/h21-22H,3-20H2,1-2H3,(H,25,29)(H,26,30)/t21-,22-/m0/s1. The minimum absolute atomic E-state index is 0.0432. The van der Waals surface area contributed by atoms with Crippen LogP contribution >= 0.6 is 23.5 Å². The van der Waals surface area contributed by atoms with E-state index in [1.807, 2.05) is 23.5 Å². The van der Waals surface area contributed by atoms with E-state index in [2.05, 4.69) is 24.5 Å². The first-order chi connectivity index (χ1) is 16.9. The topological polar surface area (TPSA) is 98.8 Å². The van der Waals surface area contributed by atoms with E-state index in [9.17, 15) is 18.0 Å². The van der Waals surface area contributed by atoms with Crippen LogP contribution < -0.4 is 10.6 Å². The number of nitrogens with zero attached hydrogens (tertiary/aromatic N) is 2. The Kier molecular flexibility index (Phi) is 15.0. The molecule has 0 aromatic heterocycles. The fourth-order valence-corrected chi connectivity index (χ4v) is 7.91. The molecule has 2 N–H and O–H groups in total. The summed E-state index contributed by atoms with van der Waals surface area (Å²) in [5.74, 6) is 3.63. The SMILES string of the molecule is CCCSCCCNC(=O)[C@H]1CCCN(S(=O)(=O)N2CCC[C@H](C(=O)NCCCSCCC)C2)C1. The van der Waals surface area contributed by atoms with Gasteiger partial charge in [-0.15, -0.1) is 0 Å². The zero-order valence-corrected chi connectivity index (χ0v) is 24.1. The van der Waals surface area contributed by atoms with Crippen molar-refractivity contribution in [1.29, 1.82) is 0 Å². The second-order valence-corrected chi connectivity index (χ2v) is 13.8. The molecule has 0 aliphatic carbocycles. The van der Waals surface area contributed by atoms with Gasteiger partial charge in [-0.25, -0.2) is 0 Å². The maximum Gasteiger partial charge on any atom is 0.282 e. The summed E-state index contributed by atoms with van der Waals surface area (Å²) in [4.78, 5) is 25.3. The molecule has 204 valence electrons. The van der Waals surface area contributed by atoms with Crippen LogP contribution in [-0.2, 0) is 19.8 Å². The van der Waals surface area contributed by atoms with Crippen molar-refractivity contribution in [3.63, 3.8) is 0 Å². The maximum atomic E-state index is 13.4. The van der Waals surface area contributed by atoms with E-state index >= 15 is 0 Å². The van der Waals surface area contributed by atoms with E-state index in [0.717, 1.165) is 48.7 Å². The summed E-state index contributed by atoms with van der Waals surface area (Å²) in [6, 6.07) is 0. The van der Waals surface area contributed by atoms with Crippen LogP contribution in [0.15, 0.2) is 0 Å².